The van der Waals surface area contributed by atoms with Crippen LogP contribution in [0.4, 0.5) is 0 Å². The van der Waals surface area contributed by atoms with Crippen LogP contribution in [0.1, 0.15) is 18.4 Å². The van der Waals surface area contributed by atoms with E-state index in [1.165, 1.54) is 13.0 Å². The number of hydrogen-bond acceptors (Lipinski definition) is 4. The minimum absolute atomic E-state index is 0.0100. The lowest BCUT2D eigenvalue weighted by molar-refractivity contribution is -0.138. The zero-order valence-corrected chi connectivity index (χ0v) is 9.82. The summed E-state index contributed by atoms with van der Waals surface area (Å²) in [5.41, 5.74) is 0.244. The second-order valence-corrected chi connectivity index (χ2v) is 4.09. The van der Waals surface area contributed by atoms with Gasteiger partial charge in [0.15, 0.2) is 11.5 Å². The van der Waals surface area contributed by atoms with Crippen molar-refractivity contribution in [2.45, 2.75) is 12.8 Å². The van der Waals surface area contributed by atoms with E-state index < -0.39 is 11.9 Å². The maximum atomic E-state index is 11.0. The van der Waals surface area contributed by atoms with E-state index in [1.54, 1.807) is 0 Å². The number of aliphatic carboxylic acids is 1. The van der Waals surface area contributed by atoms with Gasteiger partial charge in [0, 0.05) is 11.6 Å². The summed E-state index contributed by atoms with van der Waals surface area (Å²) in [6.07, 6.45) is 0. The number of carbonyl (C=O) groups is 1. The van der Waals surface area contributed by atoms with Crippen molar-refractivity contribution in [1.29, 1.82) is 0 Å². The number of carboxylic acid groups (broad SMARTS) is 1. The molecule has 1 aromatic rings. The topological polar surface area (TPSA) is 76.0 Å². The summed E-state index contributed by atoms with van der Waals surface area (Å²) in [5, 5.41) is 18.6. The third kappa shape index (κ3) is 1.98. The fraction of sp³-hybridized carbons (Fsp3) is 0.364. The van der Waals surface area contributed by atoms with Crippen molar-refractivity contribution in [2.75, 3.05) is 13.2 Å². The molecule has 1 heterocycles. The highest BCUT2D eigenvalue weighted by atomic mass is 35.5. The molecule has 1 atom stereocenters. The molecule has 2 N–H and O–H groups in total. The number of ether oxygens (including phenoxy) is 2. The Morgan fingerprint density at radius 1 is 1.47 bits per heavy atom. The first-order valence-electron chi connectivity index (χ1n) is 5.06. The minimum Gasteiger partial charge on any atom is -0.506 e. The van der Waals surface area contributed by atoms with E-state index in [0.717, 1.165) is 0 Å². The number of phenolic OH excluding ortho intramolecular Hbond substituents is 1. The summed E-state index contributed by atoms with van der Waals surface area (Å²) < 4.78 is 10.7. The third-order valence-corrected chi connectivity index (χ3v) is 2.99. The molecule has 17 heavy (non-hydrogen) atoms. The van der Waals surface area contributed by atoms with Gasteiger partial charge in [-0.2, -0.15) is 0 Å². The predicted octanol–water partition coefficient (Wildman–Crippen LogP) is 2.00. The Labute approximate surface area is 103 Å². The molecule has 0 bridgehead atoms. The number of aromatic hydroxyl groups is 1. The van der Waals surface area contributed by atoms with Crippen molar-refractivity contribution in [3.63, 3.8) is 0 Å². The Balaban J connectivity index is 2.62. The predicted molar refractivity (Wildman–Crippen MR) is 60.2 cm³/mol. The average Bonchev–Trinajstić information content (AvgIpc) is 2.30. The molecule has 5 nitrogen and oxygen atoms in total. The Morgan fingerprint density at radius 3 is 2.76 bits per heavy atom. The smallest absolute Gasteiger partial charge is 0.310 e. The monoisotopic (exact) mass is 258 g/mol. The molecule has 0 fully saturated rings. The molecule has 0 saturated heterocycles. The molecule has 0 amide bonds. The highest BCUT2D eigenvalue weighted by Crippen LogP contribution is 2.46. The zero-order chi connectivity index (χ0) is 12.6. The minimum atomic E-state index is -1.05. The van der Waals surface area contributed by atoms with Crippen molar-refractivity contribution in [2.24, 2.45) is 0 Å². The van der Waals surface area contributed by atoms with Crippen LogP contribution in [-0.2, 0) is 4.79 Å². The van der Waals surface area contributed by atoms with Crippen LogP contribution in [0.25, 0.3) is 0 Å². The van der Waals surface area contributed by atoms with Gasteiger partial charge in [0.2, 0.25) is 0 Å². The number of fused-ring (bicyclic) bond motifs is 1. The van der Waals surface area contributed by atoms with Crippen LogP contribution in [-0.4, -0.2) is 29.4 Å². The molecule has 0 radical (unpaired) electrons. The SMILES string of the molecule is CC(C(=O)O)c1c(Cl)c(O)cc2c1OCCO2. The van der Waals surface area contributed by atoms with Gasteiger partial charge in [-0.15, -0.1) is 0 Å². The second kappa shape index (κ2) is 4.33. The van der Waals surface area contributed by atoms with E-state index in [9.17, 15) is 9.90 Å². The summed E-state index contributed by atoms with van der Waals surface area (Å²) in [4.78, 5) is 11.0. The summed E-state index contributed by atoms with van der Waals surface area (Å²) >= 11 is 5.92. The van der Waals surface area contributed by atoms with Crippen LogP contribution in [0.5, 0.6) is 17.2 Å². The molecular weight excluding hydrogens is 248 g/mol. The molecule has 1 aromatic carbocycles. The van der Waals surface area contributed by atoms with Crippen LogP contribution >= 0.6 is 11.6 Å². The highest BCUT2D eigenvalue weighted by molar-refractivity contribution is 6.33. The summed E-state index contributed by atoms with van der Waals surface area (Å²) in [6, 6.07) is 1.33. The Morgan fingerprint density at radius 2 is 2.12 bits per heavy atom. The molecule has 0 spiro atoms. The van der Waals surface area contributed by atoms with Crippen LogP contribution in [0.15, 0.2) is 6.07 Å². The van der Waals surface area contributed by atoms with Gasteiger partial charge in [-0.1, -0.05) is 11.6 Å². The normalized spacial score (nSPS) is 15.4. The number of halogens is 1. The van der Waals surface area contributed by atoms with E-state index in [4.69, 9.17) is 26.2 Å². The molecule has 0 aliphatic carbocycles. The quantitative estimate of drug-likeness (QED) is 0.849. The molecule has 1 aliphatic rings. The fourth-order valence-corrected chi connectivity index (χ4v) is 1.99. The highest BCUT2D eigenvalue weighted by Gasteiger charge is 2.28. The van der Waals surface area contributed by atoms with Crippen LogP contribution in [0, 0.1) is 0 Å². The fourth-order valence-electron chi connectivity index (χ4n) is 1.69. The van der Waals surface area contributed by atoms with Crippen LogP contribution in [0.2, 0.25) is 5.02 Å². The van der Waals surface area contributed by atoms with E-state index in [0.29, 0.717) is 24.7 Å². The number of benzene rings is 1. The first-order valence-corrected chi connectivity index (χ1v) is 5.44. The third-order valence-electron chi connectivity index (χ3n) is 2.59. The molecular formula is C11H11ClO5. The zero-order valence-electron chi connectivity index (χ0n) is 9.07. The van der Waals surface area contributed by atoms with Gasteiger partial charge in [-0.3, -0.25) is 4.79 Å². The van der Waals surface area contributed by atoms with Crippen molar-refractivity contribution >= 4 is 17.6 Å². The number of phenols is 1. The van der Waals surface area contributed by atoms with Gasteiger partial charge >= 0.3 is 5.97 Å². The van der Waals surface area contributed by atoms with Crippen molar-refractivity contribution in [3.05, 3.63) is 16.7 Å². The molecule has 0 saturated carbocycles. The lowest BCUT2D eigenvalue weighted by Crippen LogP contribution is -2.19. The second-order valence-electron chi connectivity index (χ2n) is 3.71. The largest absolute Gasteiger partial charge is 0.506 e. The molecule has 6 heteroatoms. The van der Waals surface area contributed by atoms with E-state index >= 15 is 0 Å². The Hall–Kier alpha value is -1.62. The van der Waals surface area contributed by atoms with Gasteiger partial charge in [-0.05, 0) is 6.92 Å². The lowest BCUT2D eigenvalue weighted by atomic mass is 9.99. The standard InChI is InChI=1S/C11H11ClO5/c1-5(11(14)15)8-9(12)6(13)4-7-10(8)17-3-2-16-7/h4-5,13H,2-3H2,1H3,(H,14,15). The van der Waals surface area contributed by atoms with Crippen molar-refractivity contribution in [1.82, 2.24) is 0 Å². The average molecular weight is 259 g/mol. The van der Waals surface area contributed by atoms with Crippen LogP contribution < -0.4 is 9.47 Å². The van der Waals surface area contributed by atoms with E-state index in [2.05, 4.69) is 0 Å². The summed E-state index contributed by atoms with van der Waals surface area (Å²) in [5.74, 6) is -1.52. The maximum Gasteiger partial charge on any atom is 0.310 e. The summed E-state index contributed by atoms with van der Waals surface area (Å²) in [7, 11) is 0. The Bertz CT molecular complexity index is 471. The summed E-state index contributed by atoms with van der Waals surface area (Å²) in [6.45, 7) is 2.16. The first kappa shape index (κ1) is 11.9. The molecule has 1 aliphatic heterocycles. The first-order chi connectivity index (χ1) is 8.02. The van der Waals surface area contributed by atoms with Gasteiger partial charge in [0.05, 0.1) is 10.9 Å². The van der Waals surface area contributed by atoms with Crippen LogP contribution in [0.3, 0.4) is 0 Å². The van der Waals surface area contributed by atoms with E-state index in [1.807, 2.05) is 0 Å². The lowest BCUT2D eigenvalue weighted by Gasteiger charge is -2.23. The molecule has 92 valence electrons. The number of carboxylic acids is 1. The van der Waals surface area contributed by atoms with Crippen molar-refractivity contribution < 1.29 is 24.5 Å². The maximum absolute atomic E-state index is 11.0. The van der Waals surface area contributed by atoms with Gasteiger partial charge in [0.1, 0.15) is 19.0 Å². The van der Waals surface area contributed by atoms with Gasteiger partial charge in [0.25, 0.3) is 0 Å². The molecule has 2 rings (SSSR count). The van der Waals surface area contributed by atoms with Gasteiger partial charge in [-0.25, -0.2) is 0 Å². The molecule has 1 unspecified atom stereocenters. The van der Waals surface area contributed by atoms with Crippen molar-refractivity contribution in [3.8, 4) is 17.2 Å². The molecule has 0 aromatic heterocycles. The Kier molecular flexibility index (Phi) is 3.02. The van der Waals surface area contributed by atoms with Gasteiger partial charge < -0.3 is 19.7 Å². The van der Waals surface area contributed by atoms with E-state index in [-0.39, 0.29) is 16.3 Å². The number of rotatable bonds is 2. The number of hydrogen-bond donors (Lipinski definition) is 2.